The number of methoxy groups -OCH3 is 2. The Hall–Kier alpha value is -3.23. The molecule has 2 N–H and O–H groups in total. The zero-order valence-corrected chi connectivity index (χ0v) is 17.9. The largest absolute Gasteiger partial charge is 0.497 e. The average Bonchev–Trinajstić information content (AvgIpc) is 3.21. The molecule has 0 saturated carbocycles. The van der Waals surface area contributed by atoms with Gasteiger partial charge in [-0.25, -0.2) is 5.43 Å². The predicted molar refractivity (Wildman–Crippen MR) is 117 cm³/mol. The fraction of sp³-hybridized carbons (Fsp3) is 0.273. The van der Waals surface area contributed by atoms with Crippen molar-refractivity contribution in [3.8, 4) is 11.5 Å². The van der Waals surface area contributed by atoms with Crippen molar-refractivity contribution in [1.29, 1.82) is 0 Å². The summed E-state index contributed by atoms with van der Waals surface area (Å²) in [7, 11) is 3.08. The molecule has 0 aromatic heterocycles. The van der Waals surface area contributed by atoms with Crippen LogP contribution in [0.4, 0.5) is 5.69 Å². The molecular formula is C22H23ClN4O4. The van der Waals surface area contributed by atoms with Crippen LogP contribution in [0, 0.1) is 0 Å². The van der Waals surface area contributed by atoms with Gasteiger partial charge >= 0.3 is 0 Å². The van der Waals surface area contributed by atoms with Crippen LogP contribution in [0.1, 0.15) is 18.0 Å². The summed E-state index contributed by atoms with van der Waals surface area (Å²) in [5.41, 5.74) is 4.91. The standard InChI is InChI=1S/C22H23ClN4O4/c1-30-17-9-16(10-18(11-17)31-2)24-21(28)13-26-7-8-27-20(22(26)29)12-19(25-27)14-3-5-15(23)6-4-14/h3-11,19-20,25H,12-13H2,1-2H3,(H,24,28). The van der Waals surface area contributed by atoms with Gasteiger partial charge in [0.1, 0.15) is 24.1 Å². The van der Waals surface area contributed by atoms with Gasteiger partial charge in [0, 0.05) is 41.3 Å². The highest BCUT2D eigenvalue weighted by molar-refractivity contribution is 6.30. The fourth-order valence-electron chi connectivity index (χ4n) is 3.71. The molecule has 0 spiro atoms. The van der Waals surface area contributed by atoms with Crippen molar-refractivity contribution in [2.45, 2.75) is 18.5 Å². The number of carbonyl (C=O) groups excluding carboxylic acids is 2. The Morgan fingerprint density at radius 1 is 1.13 bits per heavy atom. The van der Waals surface area contributed by atoms with Crippen LogP contribution in [0.5, 0.6) is 11.5 Å². The van der Waals surface area contributed by atoms with Gasteiger partial charge < -0.3 is 24.7 Å². The molecule has 8 nitrogen and oxygen atoms in total. The number of anilines is 1. The molecule has 2 aliphatic rings. The van der Waals surface area contributed by atoms with Crippen molar-refractivity contribution in [3.05, 3.63) is 65.5 Å². The molecule has 162 valence electrons. The van der Waals surface area contributed by atoms with Crippen LogP contribution in [0.25, 0.3) is 0 Å². The van der Waals surface area contributed by atoms with Gasteiger partial charge in [0.2, 0.25) is 5.91 Å². The quantitative estimate of drug-likeness (QED) is 0.715. The number of carbonyl (C=O) groups is 2. The third-order valence-electron chi connectivity index (χ3n) is 5.30. The number of hydrogen-bond donors (Lipinski definition) is 2. The van der Waals surface area contributed by atoms with E-state index in [0.29, 0.717) is 28.6 Å². The van der Waals surface area contributed by atoms with E-state index in [-0.39, 0.29) is 30.4 Å². The zero-order valence-electron chi connectivity index (χ0n) is 17.2. The van der Waals surface area contributed by atoms with Crippen molar-refractivity contribution in [3.63, 3.8) is 0 Å². The maximum Gasteiger partial charge on any atom is 0.251 e. The van der Waals surface area contributed by atoms with E-state index in [4.69, 9.17) is 21.1 Å². The Morgan fingerprint density at radius 3 is 2.45 bits per heavy atom. The number of rotatable bonds is 6. The van der Waals surface area contributed by atoms with Crippen molar-refractivity contribution < 1.29 is 19.1 Å². The first kappa shape index (κ1) is 21.0. The molecule has 2 atom stereocenters. The van der Waals surface area contributed by atoms with E-state index in [9.17, 15) is 9.59 Å². The molecule has 0 radical (unpaired) electrons. The summed E-state index contributed by atoms with van der Waals surface area (Å²) in [6, 6.07) is 12.3. The number of ether oxygens (including phenoxy) is 2. The highest BCUT2D eigenvalue weighted by Gasteiger charge is 2.40. The zero-order chi connectivity index (χ0) is 22.0. The highest BCUT2D eigenvalue weighted by atomic mass is 35.5. The first-order valence-electron chi connectivity index (χ1n) is 9.78. The van der Waals surface area contributed by atoms with Crippen LogP contribution in [0.15, 0.2) is 54.9 Å². The van der Waals surface area contributed by atoms with E-state index in [1.165, 1.54) is 19.1 Å². The number of benzene rings is 2. The molecule has 2 aromatic carbocycles. The minimum absolute atomic E-state index is 0.00566. The van der Waals surface area contributed by atoms with Gasteiger partial charge in [-0.2, -0.15) is 0 Å². The molecule has 1 saturated heterocycles. The smallest absolute Gasteiger partial charge is 0.251 e. The van der Waals surface area contributed by atoms with E-state index >= 15 is 0 Å². The van der Waals surface area contributed by atoms with Crippen LogP contribution in [-0.2, 0) is 9.59 Å². The number of hydrogen-bond acceptors (Lipinski definition) is 6. The first-order chi connectivity index (χ1) is 15.0. The fourth-order valence-corrected chi connectivity index (χ4v) is 3.84. The lowest BCUT2D eigenvalue weighted by Gasteiger charge is -2.31. The van der Waals surface area contributed by atoms with E-state index in [2.05, 4.69) is 10.7 Å². The van der Waals surface area contributed by atoms with Crippen molar-refractivity contribution in [2.24, 2.45) is 0 Å². The normalized spacial score (nSPS) is 19.9. The second-order valence-electron chi connectivity index (χ2n) is 7.31. The Balaban J connectivity index is 1.40. The first-order valence-corrected chi connectivity index (χ1v) is 10.2. The van der Waals surface area contributed by atoms with Crippen LogP contribution in [0.3, 0.4) is 0 Å². The molecule has 2 aliphatic heterocycles. The van der Waals surface area contributed by atoms with Crippen LogP contribution < -0.4 is 20.2 Å². The molecule has 0 bridgehead atoms. The summed E-state index contributed by atoms with van der Waals surface area (Å²) >= 11 is 5.97. The molecule has 31 heavy (non-hydrogen) atoms. The number of hydrazine groups is 1. The molecule has 2 amide bonds. The topological polar surface area (TPSA) is 83.1 Å². The summed E-state index contributed by atoms with van der Waals surface area (Å²) in [6.07, 6.45) is 3.99. The molecule has 9 heteroatoms. The average molecular weight is 443 g/mol. The van der Waals surface area contributed by atoms with Gasteiger partial charge in [-0.1, -0.05) is 23.7 Å². The van der Waals surface area contributed by atoms with Crippen LogP contribution in [0.2, 0.25) is 5.02 Å². The van der Waals surface area contributed by atoms with Gasteiger partial charge in [0.05, 0.1) is 20.3 Å². The van der Waals surface area contributed by atoms with E-state index in [0.717, 1.165) is 5.56 Å². The predicted octanol–water partition coefficient (Wildman–Crippen LogP) is 2.93. The Kier molecular flexibility index (Phi) is 6.01. The monoisotopic (exact) mass is 442 g/mol. The summed E-state index contributed by atoms with van der Waals surface area (Å²) in [6.45, 7) is -0.0925. The number of halogens is 1. The van der Waals surface area contributed by atoms with Gasteiger partial charge in [-0.3, -0.25) is 9.59 Å². The summed E-state index contributed by atoms with van der Waals surface area (Å²) in [4.78, 5) is 27.0. The number of nitrogens with one attached hydrogen (secondary N) is 2. The molecule has 2 heterocycles. The molecule has 2 unspecified atom stereocenters. The highest BCUT2D eigenvalue weighted by Crippen LogP contribution is 2.31. The second kappa shape index (κ2) is 8.87. The third-order valence-corrected chi connectivity index (χ3v) is 5.55. The minimum atomic E-state index is -0.379. The van der Waals surface area contributed by atoms with Crippen LogP contribution >= 0.6 is 11.6 Å². The molecule has 2 aromatic rings. The van der Waals surface area contributed by atoms with Crippen molar-refractivity contribution in [1.82, 2.24) is 15.3 Å². The number of fused-ring (bicyclic) bond motifs is 1. The second-order valence-corrected chi connectivity index (χ2v) is 7.74. The van der Waals surface area contributed by atoms with E-state index < -0.39 is 0 Å². The maximum absolute atomic E-state index is 13.0. The Morgan fingerprint density at radius 2 is 1.81 bits per heavy atom. The maximum atomic E-state index is 13.0. The van der Waals surface area contributed by atoms with E-state index in [1.54, 1.807) is 35.6 Å². The van der Waals surface area contributed by atoms with Crippen LogP contribution in [-0.4, -0.2) is 48.5 Å². The van der Waals surface area contributed by atoms with Gasteiger partial charge in [-0.05, 0) is 24.1 Å². The van der Waals surface area contributed by atoms with Crippen molar-refractivity contribution in [2.75, 3.05) is 26.1 Å². The van der Waals surface area contributed by atoms with E-state index in [1.807, 2.05) is 24.3 Å². The summed E-state index contributed by atoms with van der Waals surface area (Å²) < 4.78 is 10.4. The van der Waals surface area contributed by atoms with Gasteiger partial charge in [0.15, 0.2) is 0 Å². The Bertz CT molecular complexity index is 989. The summed E-state index contributed by atoms with van der Waals surface area (Å²) in [5, 5.41) is 5.25. The molecule has 1 fully saturated rings. The minimum Gasteiger partial charge on any atom is -0.497 e. The SMILES string of the molecule is COc1cc(NC(=O)CN2C=CN3NC(c4ccc(Cl)cc4)CC3C2=O)cc(OC)c1. The number of nitrogens with zero attached hydrogens (tertiary/aromatic N) is 2. The lowest BCUT2D eigenvalue weighted by Crippen LogP contribution is -2.49. The van der Waals surface area contributed by atoms with Gasteiger partial charge in [0.25, 0.3) is 5.91 Å². The lowest BCUT2D eigenvalue weighted by atomic mass is 10.0. The Labute approximate surface area is 185 Å². The lowest BCUT2D eigenvalue weighted by molar-refractivity contribution is -0.137. The van der Waals surface area contributed by atoms with Crippen molar-refractivity contribution >= 4 is 29.1 Å². The molecule has 4 rings (SSSR count). The van der Waals surface area contributed by atoms with Gasteiger partial charge in [-0.15, -0.1) is 0 Å². The molecule has 0 aliphatic carbocycles. The summed E-state index contributed by atoms with van der Waals surface area (Å²) in [5.74, 6) is 0.667. The number of amides is 2. The molecular weight excluding hydrogens is 420 g/mol. The third kappa shape index (κ3) is 4.60.